The fraction of sp³-hybridized carbons (Fsp3) is 0.444. The third kappa shape index (κ3) is 5.52. The molecule has 2 nitrogen and oxygen atoms in total. The molecule has 1 aromatic rings. The zero-order valence-electron chi connectivity index (χ0n) is 13.8. The highest BCUT2D eigenvalue weighted by Gasteiger charge is 2.08. The number of hydrogen-bond acceptors (Lipinski definition) is 2. The predicted octanol–water partition coefficient (Wildman–Crippen LogP) is 5.11. The van der Waals surface area contributed by atoms with Crippen molar-refractivity contribution in [2.75, 3.05) is 7.05 Å². The van der Waals surface area contributed by atoms with E-state index in [0.717, 1.165) is 13.0 Å². The van der Waals surface area contributed by atoms with Crippen molar-refractivity contribution in [2.45, 2.75) is 47.6 Å². The topological polar surface area (TPSA) is 23.5 Å². The minimum absolute atomic E-state index is 0.315. The summed E-state index contributed by atoms with van der Waals surface area (Å²) in [6.45, 7) is 11.2. The average molecular weight is 275 g/mol. The van der Waals surface area contributed by atoms with Crippen LogP contribution in [-0.4, -0.2) is 17.1 Å². The molecule has 1 N–H and O–H groups in total. The van der Waals surface area contributed by atoms with E-state index in [1.54, 1.807) is 12.1 Å². The second kappa shape index (κ2) is 10.1. The van der Waals surface area contributed by atoms with Crippen LogP contribution in [0.15, 0.2) is 47.7 Å². The lowest BCUT2D eigenvalue weighted by Crippen LogP contribution is -2.18. The fourth-order valence-corrected chi connectivity index (χ4v) is 2.14. The lowest BCUT2D eigenvalue weighted by atomic mass is 10.1. The molecular weight excluding hydrogens is 246 g/mol. The molecule has 0 radical (unpaired) electrons. The third-order valence-electron chi connectivity index (χ3n) is 3.10. The normalized spacial score (nSPS) is 11.7. The van der Waals surface area contributed by atoms with Gasteiger partial charge in [-0.15, -0.1) is 0 Å². The molecule has 0 spiro atoms. The standard InChI is InChI=1S/C16H23NO.C2H6/c1-5-14(6-2)16(7-3)17(4)12-13-8-10-15(18)11-9-13;1-2/h5,7-11,18H,6,12H2,1-4H3;1-2H3/b14-5+,16-7-;. The summed E-state index contributed by atoms with van der Waals surface area (Å²) in [4.78, 5) is 2.24. The van der Waals surface area contributed by atoms with Crippen molar-refractivity contribution in [1.29, 1.82) is 0 Å². The minimum atomic E-state index is 0.315. The Morgan fingerprint density at radius 1 is 1.10 bits per heavy atom. The number of aromatic hydroxyl groups is 1. The third-order valence-corrected chi connectivity index (χ3v) is 3.10. The van der Waals surface area contributed by atoms with Crippen LogP contribution in [-0.2, 0) is 6.54 Å². The molecular formula is C18H29NO. The van der Waals surface area contributed by atoms with E-state index in [9.17, 15) is 5.11 Å². The summed E-state index contributed by atoms with van der Waals surface area (Å²) in [5.41, 5.74) is 3.83. The zero-order valence-corrected chi connectivity index (χ0v) is 13.8. The molecule has 0 aliphatic heterocycles. The van der Waals surface area contributed by atoms with Gasteiger partial charge < -0.3 is 10.0 Å². The Labute approximate surface area is 124 Å². The molecule has 0 atom stereocenters. The van der Waals surface area contributed by atoms with E-state index < -0.39 is 0 Å². The Bertz CT molecular complexity index is 429. The molecule has 1 rings (SSSR count). The second-order valence-corrected chi connectivity index (χ2v) is 4.36. The first-order valence-corrected chi connectivity index (χ1v) is 7.43. The van der Waals surface area contributed by atoms with Crippen LogP contribution in [0.25, 0.3) is 0 Å². The maximum Gasteiger partial charge on any atom is 0.115 e. The van der Waals surface area contributed by atoms with Gasteiger partial charge in [-0.1, -0.05) is 45.1 Å². The van der Waals surface area contributed by atoms with Gasteiger partial charge in [0, 0.05) is 19.3 Å². The van der Waals surface area contributed by atoms with Gasteiger partial charge >= 0.3 is 0 Å². The SMILES string of the molecule is C/C=C(/C(=C/C)CC)N(C)Cc1ccc(O)cc1.CC. The first-order chi connectivity index (χ1) is 9.62. The highest BCUT2D eigenvalue weighted by atomic mass is 16.3. The van der Waals surface area contributed by atoms with Crippen LogP contribution in [0.2, 0.25) is 0 Å². The van der Waals surface area contributed by atoms with E-state index in [1.165, 1.54) is 16.8 Å². The first-order valence-electron chi connectivity index (χ1n) is 7.43. The van der Waals surface area contributed by atoms with Crippen LogP contribution in [0, 0.1) is 0 Å². The summed E-state index contributed by atoms with van der Waals surface area (Å²) in [5.74, 6) is 0.315. The molecule has 0 aliphatic rings. The van der Waals surface area contributed by atoms with Gasteiger partial charge in [-0.3, -0.25) is 0 Å². The lowest BCUT2D eigenvalue weighted by molar-refractivity contribution is 0.414. The Hall–Kier alpha value is -1.70. The van der Waals surface area contributed by atoms with E-state index in [0.29, 0.717) is 5.75 Å². The van der Waals surface area contributed by atoms with Crippen molar-refractivity contribution in [3.05, 3.63) is 53.3 Å². The molecule has 0 saturated carbocycles. The maximum atomic E-state index is 9.28. The van der Waals surface area contributed by atoms with Crippen molar-refractivity contribution >= 4 is 0 Å². The van der Waals surface area contributed by atoms with E-state index >= 15 is 0 Å². The summed E-state index contributed by atoms with van der Waals surface area (Å²) in [6.07, 6.45) is 5.36. The van der Waals surface area contributed by atoms with E-state index in [1.807, 2.05) is 26.0 Å². The highest BCUT2D eigenvalue weighted by Crippen LogP contribution is 2.20. The van der Waals surface area contributed by atoms with Gasteiger partial charge in [0.05, 0.1) is 0 Å². The van der Waals surface area contributed by atoms with Crippen LogP contribution < -0.4 is 0 Å². The number of hydrogen-bond donors (Lipinski definition) is 1. The Morgan fingerprint density at radius 2 is 1.65 bits per heavy atom. The fourth-order valence-electron chi connectivity index (χ4n) is 2.14. The van der Waals surface area contributed by atoms with E-state index in [2.05, 4.69) is 44.9 Å². The van der Waals surface area contributed by atoms with Gasteiger partial charge in [-0.05, 0) is 43.5 Å². The number of phenols is 1. The Kier molecular flexibility index (Phi) is 9.27. The summed E-state index contributed by atoms with van der Waals surface area (Å²) < 4.78 is 0. The van der Waals surface area contributed by atoms with Crippen LogP contribution in [0.1, 0.15) is 46.6 Å². The molecule has 0 unspecified atom stereocenters. The second-order valence-electron chi connectivity index (χ2n) is 4.36. The maximum absolute atomic E-state index is 9.28. The quantitative estimate of drug-likeness (QED) is 0.755. The zero-order chi connectivity index (χ0) is 15.5. The Morgan fingerprint density at radius 3 is 2.05 bits per heavy atom. The molecule has 0 aromatic heterocycles. The van der Waals surface area contributed by atoms with Gasteiger partial charge in [-0.2, -0.15) is 0 Å². The van der Waals surface area contributed by atoms with Crippen LogP contribution >= 0.6 is 0 Å². The monoisotopic (exact) mass is 275 g/mol. The minimum Gasteiger partial charge on any atom is -0.508 e. The number of phenolic OH excluding ortho intramolecular Hbond substituents is 1. The molecule has 0 bridgehead atoms. The van der Waals surface area contributed by atoms with Crippen molar-refractivity contribution in [3.63, 3.8) is 0 Å². The van der Waals surface area contributed by atoms with Crippen molar-refractivity contribution in [3.8, 4) is 5.75 Å². The van der Waals surface area contributed by atoms with Crippen molar-refractivity contribution in [1.82, 2.24) is 4.90 Å². The van der Waals surface area contributed by atoms with Crippen LogP contribution in [0.5, 0.6) is 5.75 Å². The molecule has 0 saturated heterocycles. The van der Waals surface area contributed by atoms with Gasteiger partial charge in [-0.25, -0.2) is 0 Å². The smallest absolute Gasteiger partial charge is 0.115 e. The molecule has 0 amide bonds. The van der Waals surface area contributed by atoms with Gasteiger partial charge in [0.1, 0.15) is 5.75 Å². The Balaban J connectivity index is 0.00000172. The molecule has 1 aromatic carbocycles. The number of benzene rings is 1. The first kappa shape index (κ1) is 18.3. The molecule has 112 valence electrons. The van der Waals surface area contributed by atoms with Crippen LogP contribution in [0.4, 0.5) is 0 Å². The summed E-state index contributed by atoms with van der Waals surface area (Å²) >= 11 is 0. The van der Waals surface area contributed by atoms with E-state index in [-0.39, 0.29) is 0 Å². The molecule has 2 heteroatoms. The molecule has 0 heterocycles. The number of allylic oxidation sites excluding steroid dienone is 3. The highest BCUT2D eigenvalue weighted by molar-refractivity contribution is 5.30. The predicted molar refractivity (Wildman–Crippen MR) is 88.7 cm³/mol. The molecule has 0 fully saturated rings. The van der Waals surface area contributed by atoms with Crippen molar-refractivity contribution < 1.29 is 5.11 Å². The number of rotatable bonds is 5. The molecule has 0 aliphatic carbocycles. The summed E-state index contributed by atoms with van der Waals surface area (Å²) in [7, 11) is 2.10. The molecule has 20 heavy (non-hydrogen) atoms. The summed E-state index contributed by atoms with van der Waals surface area (Å²) in [6, 6.07) is 7.38. The lowest BCUT2D eigenvalue weighted by Gasteiger charge is -2.24. The number of nitrogens with zero attached hydrogens (tertiary/aromatic N) is 1. The largest absolute Gasteiger partial charge is 0.508 e. The van der Waals surface area contributed by atoms with E-state index in [4.69, 9.17) is 0 Å². The van der Waals surface area contributed by atoms with Gasteiger partial charge in [0.25, 0.3) is 0 Å². The van der Waals surface area contributed by atoms with Gasteiger partial charge in [0.2, 0.25) is 0 Å². The van der Waals surface area contributed by atoms with Gasteiger partial charge in [0.15, 0.2) is 0 Å². The summed E-state index contributed by atoms with van der Waals surface area (Å²) in [5, 5.41) is 9.28. The van der Waals surface area contributed by atoms with Crippen molar-refractivity contribution in [2.24, 2.45) is 0 Å². The number of likely N-dealkylation sites (N-methyl/N-ethyl adjacent to an activating group) is 1. The average Bonchev–Trinajstić information content (AvgIpc) is 2.48. The van der Waals surface area contributed by atoms with Crippen LogP contribution in [0.3, 0.4) is 0 Å².